The van der Waals surface area contributed by atoms with Crippen LogP contribution in [0.3, 0.4) is 0 Å². The standard InChI is InChI=1S/C40H32O13S3/c1-26-3-5-27(6-4-26)40(41)28-7-10-31(11-8-28)49-25-29-9-20-35(23-38(29)54-53-52-42)55(43,44)36-21-22-37(39(24-36)56(45,46)47)51-34-18-16-33(17-19-34)50-32-14-12-30(48-2)13-15-32/h3-24,42H,25H2,1-2H3,(H,45,46,47). The van der Waals surface area contributed by atoms with E-state index in [0.29, 0.717) is 51.7 Å². The number of ether oxygens (including phenoxy) is 4. The van der Waals surface area contributed by atoms with Gasteiger partial charge >= 0.3 is 0 Å². The van der Waals surface area contributed by atoms with Gasteiger partial charge < -0.3 is 18.9 Å². The van der Waals surface area contributed by atoms with Crippen LogP contribution in [-0.4, -0.2) is 39.5 Å². The van der Waals surface area contributed by atoms with Crippen molar-refractivity contribution >= 4 is 37.8 Å². The molecule has 0 atom stereocenters. The molecule has 0 aliphatic heterocycles. The second-order valence-corrected chi connectivity index (χ2v) is 16.0. The van der Waals surface area contributed by atoms with Crippen LogP contribution < -0.4 is 18.9 Å². The van der Waals surface area contributed by atoms with Gasteiger partial charge in [-0.15, -0.1) is 4.33 Å². The van der Waals surface area contributed by atoms with E-state index in [1.807, 2.05) is 19.1 Å². The molecule has 0 fully saturated rings. The van der Waals surface area contributed by atoms with Gasteiger partial charge in [0.15, 0.2) is 5.78 Å². The lowest BCUT2D eigenvalue weighted by Gasteiger charge is -2.14. The molecule has 2 N–H and O–H groups in total. The van der Waals surface area contributed by atoms with Gasteiger partial charge in [-0.1, -0.05) is 40.9 Å². The van der Waals surface area contributed by atoms with Gasteiger partial charge in [-0.3, -0.25) is 9.35 Å². The van der Waals surface area contributed by atoms with Crippen molar-refractivity contribution in [2.75, 3.05) is 7.11 Å². The first-order chi connectivity index (χ1) is 26.8. The number of methoxy groups -OCH3 is 1. The topological polar surface area (TPSA) is 181 Å². The molecule has 0 radical (unpaired) electrons. The molecule has 0 saturated heterocycles. The quantitative estimate of drug-likeness (QED) is 0.0311. The van der Waals surface area contributed by atoms with Crippen molar-refractivity contribution in [3.05, 3.63) is 156 Å². The zero-order valence-electron chi connectivity index (χ0n) is 29.5. The van der Waals surface area contributed by atoms with Gasteiger partial charge in [0.1, 0.15) is 46.0 Å². The van der Waals surface area contributed by atoms with Crippen molar-refractivity contribution in [3.8, 4) is 34.5 Å². The minimum absolute atomic E-state index is 0.0871. The Morgan fingerprint density at radius 3 is 1.73 bits per heavy atom. The van der Waals surface area contributed by atoms with Gasteiger partial charge in [-0.05, 0) is 110 Å². The molecule has 16 heteroatoms. The number of benzene rings is 6. The third kappa shape index (κ3) is 9.74. The Morgan fingerprint density at radius 2 is 1.16 bits per heavy atom. The second kappa shape index (κ2) is 17.4. The average Bonchev–Trinajstić information content (AvgIpc) is 3.20. The van der Waals surface area contributed by atoms with Gasteiger partial charge in [-0.25, -0.2) is 13.7 Å². The molecule has 0 aliphatic rings. The van der Waals surface area contributed by atoms with Crippen LogP contribution in [0.1, 0.15) is 27.0 Å². The van der Waals surface area contributed by atoms with Gasteiger partial charge in [0, 0.05) is 21.6 Å². The van der Waals surface area contributed by atoms with Crippen molar-refractivity contribution in [3.63, 3.8) is 0 Å². The first-order valence-corrected chi connectivity index (χ1v) is 20.1. The zero-order valence-corrected chi connectivity index (χ0v) is 32.0. The van der Waals surface area contributed by atoms with E-state index in [1.165, 1.54) is 30.3 Å². The fourth-order valence-electron chi connectivity index (χ4n) is 5.25. The zero-order chi connectivity index (χ0) is 39.9. The number of carbonyl (C=O) groups excluding carboxylic acids is 1. The van der Waals surface area contributed by atoms with Crippen LogP contribution in [0, 0.1) is 6.92 Å². The van der Waals surface area contributed by atoms with Crippen molar-refractivity contribution in [1.82, 2.24) is 0 Å². The number of carbonyl (C=O) groups is 1. The van der Waals surface area contributed by atoms with Gasteiger partial charge in [0.05, 0.1) is 28.9 Å². The molecule has 0 amide bonds. The molecule has 0 unspecified atom stereocenters. The van der Waals surface area contributed by atoms with Crippen LogP contribution in [0.5, 0.6) is 34.5 Å². The Labute approximate surface area is 326 Å². The summed E-state index contributed by atoms with van der Waals surface area (Å²) in [5.41, 5.74) is 2.47. The maximum absolute atomic E-state index is 13.8. The SMILES string of the molecule is COc1ccc(Oc2ccc(Oc3ccc(S(=O)(=O)c4ccc(COc5ccc(C(=O)c6ccc(C)cc6)cc5)c(SOOO)c4)cc3S(=O)(=O)O)cc2)cc1. The molecule has 56 heavy (non-hydrogen) atoms. The Kier molecular flexibility index (Phi) is 12.4. The summed E-state index contributed by atoms with van der Waals surface area (Å²) in [6.45, 7) is 1.84. The van der Waals surface area contributed by atoms with Crippen LogP contribution >= 0.6 is 12.0 Å². The highest BCUT2D eigenvalue weighted by Crippen LogP contribution is 2.36. The molecule has 0 aliphatic carbocycles. The van der Waals surface area contributed by atoms with Crippen molar-refractivity contribution in [1.29, 1.82) is 0 Å². The molecular formula is C40H32O13S3. The van der Waals surface area contributed by atoms with E-state index < -0.39 is 29.7 Å². The van der Waals surface area contributed by atoms with Crippen molar-refractivity contribution in [2.45, 2.75) is 33.1 Å². The van der Waals surface area contributed by atoms with Crippen LogP contribution in [0.2, 0.25) is 0 Å². The number of hydrogen-bond donors (Lipinski definition) is 2. The Morgan fingerprint density at radius 1 is 0.643 bits per heavy atom. The lowest BCUT2D eigenvalue weighted by Crippen LogP contribution is -2.07. The molecule has 0 aromatic heterocycles. The maximum Gasteiger partial charge on any atom is 0.298 e. The predicted octanol–water partition coefficient (Wildman–Crippen LogP) is 8.91. The third-order valence-corrected chi connectivity index (χ3v) is 11.5. The molecule has 6 aromatic carbocycles. The molecule has 0 saturated carbocycles. The van der Waals surface area contributed by atoms with Crippen molar-refractivity contribution < 1.29 is 59.8 Å². The van der Waals surface area contributed by atoms with Crippen LogP contribution in [-0.2, 0) is 35.9 Å². The molecular weight excluding hydrogens is 785 g/mol. The fraction of sp³-hybridized carbons (Fsp3) is 0.0750. The van der Waals surface area contributed by atoms with E-state index in [4.69, 9.17) is 24.2 Å². The average molecular weight is 817 g/mol. The van der Waals surface area contributed by atoms with Crippen LogP contribution in [0.25, 0.3) is 0 Å². The summed E-state index contributed by atoms with van der Waals surface area (Å²) < 4.78 is 89.7. The molecule has 13 nitrogen and oxygen atoms in total. The third-order valence-electron chi connectivity index (χ3n) is 8.18. The van der Waals surface area contributed by atoms with E-state index in [1.54, 1.807) is 79.9 Å². The number of ketones is 1. The minimum Gasteiger partial charge on any atom is -0.497 e. The number of hydrogen-bond acceptors (Lipinski definition) is 13. The van der Waals surface area contributed by atoms with Crippen LogP contribution in [0.15, 0.2) is 153 Å². The highest BCUT2D eigenvalue weighted by Gasteiger charge is 2.26. The molecule has 6 rings (SSSR count). The smallest absolute Gasteiger partial charge is 0.298 e. The first-order valence-electron chi connectivity index (χ1n) is 16.4. The predicted molar refractivity (Wildman–Crippen MR) is 204 cm³/mol. The van der Waals surface area contributed by atoms with Gasteiger partial charge in [0.25, 0.3) is 10.1 Å². The fourth-order valence-corrected chi connectivity index (χ4v) is 7.86. The summed E-state index contributed by atoms with van der Waals surface area (Å²) in [6, 6.07) is 33.7. The van der Waals surface area contributed by atoms with Crippen LogP contribution in [0.4, 0.5) is 0 Å². The summed E-state index contributed by atoms with van der Waals surface area (Å²) in [5.74, 6) is 1.75. The number of aryl methyl sites for hydroxylation is 1. The summed E-state index contributed by atoms with van der Waals surface area (Å²) in [4.78, 5) is 11.5. The minimum atomic E-state index is -4.99. The van der Waals surface area contributed by atoms with E-state index in [2.05, 4.69) is 9.37 Å². The number of rotatable bonds is 16. The first kappa shape index (κ1) is 40.0. The number of sulfone groups is 1. The lowest BCUT2D eigenvalue weighted by molar-refractivity contribution is -0.432. The second-order valence-electron chi connectivity index (χ2n) is 11.9. The summed E-state index contributed by atoms with van der Waals surface area (Å²) in [5, 5.41) is 12.5. The Balaban J connectivity index is 1.18. The Bertz CT molecular complexity index is 2540. The Hall–Kier alpha value is -5.72. The van der Waals surface area contributed by atoms with Crippen molar-refractivity contribution in [2.24, 2.45) is 0 Å². The van der Waals surface area contributed by atoms with E-state index >= 15 is 0 Å². The summed E-state index contributed by atoms with van der Waals surface area (Å²) in [6.07, 6.45) is 0. The monoisotopic (exact) mass is 816 g/mol. The summed E-state index contributed by atoms with van der Waals surface area (Å²) in [7, 11) is -7.86. The van der Waals surface area contributed by atoms with E-state index in [9.17, 15) is 26.2 Å². The van der Waals surface area contributed by atoms with E-state index in [0.717, 1.165) is 23.8 Å². The molecule has 0 heterocycles. The highest BCUT2D eigenvalue weighted by atomic mass is 32.2. The largest absolute Gasteiger partial charge is 0.497 e. The molecule has 0 spiro atoms. The lowest BCUT2D eigenvalue weighted by atomic mass is 10.0. The van der Waals surface area contributed by atoms with Gasteiger partial charge in [-0.2, -0.15) is 8.42 Å². The maximum atomic E-state index is 13.8. The molecule has 6 aromatic rings. The normalized spacial score (nSPS) is 11.5. The molecule has 0 bridgehead atoms. The highest BCUT2D eigenvalue weighted by molar-refractivity contribution is 7.94. The molecule has 288 valence electrons. The summed E-state index contributed by atoms with van der Waals surface area (Å²) >= 11 is 0.495. The van der Waals surface area contributed by atoms with E-state index in [-0.39, 0.29) is 33.7 Å². The van der Waals surface area contributed by atoms with Gasteiger partial charge in [0.2, 0.25) is 9.84 Å².